The lowest BCUT2D eigenvalue weighted by Crippen LogP contribution is -2.46. The van der Waals surface area contributed by atoms with Crippen LogP contribution in [0, 0.1) is 0 Å². The van der Waals surface area contributed by atoms with Gasteiger partial charge in [-0.15, -0.1) is 0 Å². The highest BCUT2D eigenvalue weighted by molar-refractivity contribution is 5.92. The number of nitrogens with zero attached hydrogens (tertiary/aromatic N) is 2. The highest BCUT2D eigenvalue weighted by Crippen LogP contribution is 2.35. The van der Waals surface area contributed by atoms with Gasteiger partial charge in [-0.3, -0.25) is 14.8 Å². The SMILES string of the molecule is CCOc1cc(C(C(=O)NC(C(=O)O)c2ccccc2)N(N)c2ccc3cnccc3c2)ccc1OC(C)C.O=C(O)C(F)(F)F. The fourth-order valence-corrected chi connectivity index (χ4v) is 4.29. The van der Waals surface area contributed by atoms with E-state index in [1.807, 2.05) is 39.0 Å². The number of hydrogen-bond acceptors (Lipinski definition) is 8. The first kappa shape index (κ1) is 35.1. The van der Waals surface area contributed by atoms with Gasteiger partial charge in [-0.05, 0) is 67.6 Å². The number of carboxylic acid groups (broad SMARTS) is 2. The second-order valence-electron chi connectivity index (χ2n) is 10.0. The van der Waals surface area contributed by atoms with Crippen LogP contribution in [0.1, 0.15) is 44.0 Å². The molecule has 244 valence electrons. The smallest absolute Gasteiger partial charge is 0.490 e. The lowest BCUT2D eigenvalue weighted by atomic mass is 10.0. The van der Waals surface area contributed by atoms with Gasteiger partial charge in [0.15, 0.2) is 17.5 Å². The van der Waals surface area contributed by atoms with Gasteiger partial charge in [0.1, 0.15) is 6.04 Å². The number of anilines is 1. The molecule has 1 amide bonds. The number of carbonyl (C=O) groups is 3. The molecule has 0 radical (unpaired) electrons. The number of aliphatic carboxylic acids is 2. The number of carboxylic acids is 2. The molecule has 0 aliphatic rings. The van der Waals surface area contributed by atoms with Crippen molar-refractivity contribution in [1.29, 1.82) is 0 Å². The van der Waals surface area contributed by atoms with Gasteiger partial charge in [-0.1, -0.05) is 42.5 Å². The number of nitrogens with one attached hydrogen (secondary N) is 1. The van der Waals surface area contributed by atoms with Crippen molar-refractivity contribution >= 4 is 34.3 Å². The zero-order valence-corrected chi connectivity index (χ0v) is 25.1. The summed E-state index contributed by atoms with van der Waals surface area (Å²) < 4.78 is 43.4. The van der Waals surface area contributed by atoms with E-state index in [1.54, 1.807) is 67.0 Å². The van der Waals surface area contributed by atoms with Crippen LogP contribution >= 0.6 is 0 Å². The van der Waals surface area contributed by atoms with E-state index in [9.17, 15) is 27.9 Å². The molecule has 14 heteroatoms. The first-order valence-electron chi connectivity index (χ1n) is 13.9. The largest absolute Gasteiger partial charge is 0.490 e. The van der Waals surface area contributed by atoms with Crippen molar-refractivity contribution < 1.29 is 47.2 Å². The van der Waals surface area contributed by atoms with Gasteiger partial charge in [0.2, 0.25) is 5.91 Å². The number of rotatable bonds is 11. The number of amides is 1. The number of hydrogen-bond donors (Lipinski definition) is 4. The molecule has 2 unspecified atom stereocenters. The summed E-state index contributed by atoms with van der Waals surface area (Å²) in [4.78, 5) is 39.1. The third kappa shape index (κ3) is 9.32. The Hall–Kier alpha value is -5.37. The molecule has 1 heterocycles. The standard InChI is InChI=1S/C30H32N4O5.C2HF3O2/c1-4-38-26-17-22(11-13-25(26)39-19(2)3)28(29(35)33-27(30(36)37)20-8-6-5-7-9-20)34(31)24-12-10-23-18-32-15-14-21(23)16-24;3-2(4,5)1(6)7/h5-19,27-28H,4,31H2,1-3H3,(H,33,35)(H,36,37);(H,6,7). The number of benzene rings is 3. The van der Waals surface area contributed by atoms with Crippen LogP contribution in [-0.4, -0.2) is 51.9 Å². The number of fused-ring (bicyclic) bond motifs is 1. The summed E-state index contributed by atoms with van der Waals surface area (Å²) in [6.45, 7) is 6.06. The molecule has 0 spiro atoms. The van der Waals surface area contributed by atoms with E-state index in [1.165, 1.54) is 5.01 Å². The summed E-state index contributed by atoms with van der Waals surface area (Å²) in [5, 5.41) is 22.9. The van der Waals surface area contributed by atoms with E-state index in [4.69, 9.17) is 25.2 Å². The van der Waals surface area contributed by atoms with Gasteiger partial charge in [0.05, 0.1) is 18.4 Å². The van der Waals surface area contributed by atoms with Crippen LogP contribution in [0.25, 0.3) is 10.8 Å². The van der Waals surface area contributed by atoms with Crippen molar-refractivity contribution in [1.82, 2.24) is 10.3 Å². The number of hydrazine groups is 1. The van der Waals surface area contributed by atoms with E-state index in [0.717, 1.165) is 10.8 Å². The van der Waals surface area contributed by atoms with Crippen LogP contribution in [0.2, 0.25) is 0 Å². The molecule has 4 rings (SSSR count). The van der Waals surface area contributed by atoms with Crippen LogP contribution in [0.5, 0.6) is 11.5 Å². The molecule has 0 bridgehead atoms. The quantitative estimate of drug-likeness (QED) is 0.123. The molecule has 0 aliphatic heterocycles. The summed E-state index contributed by atoms with van der Waals surface area (Å²) in [6, 6.07) is 18.7. The van der Waals surface area contributed by atoms with Crippen molar-refractivity contribution in [3.8, 4) is 11.5 Å². The highest BCUT2D eigenvalue weighted by atomic mass is 19.4. The number of halogens is 3. The normalized spacial score (nSPS) is 12.3. The predicted octanol–water partition coefficient (Wildman–Crippen LogP) is 5.42. The molecule has 3 aromatic carbocycles. The molecule has 4 aromatic rings. The Morgan fingerprint density at radius 2 is 1.61 bits per heavy atom. The topological polar surface area (TPSA) is 164 Å². The van der Waals surface area contributed by atoms with Crippen molar-refractivity contribution in [2.45, 2.75) is 45.1 Å². The summed E-state index contributed by atoms with van der Waals surface area (Å²) in [5.41, 5.74) is 1.50. The van der Waals surface area contributed by atoms with E-state index in [-0.39, 0.29) is 6.10 Å². The maximum Gasteiger partial charge on any atom is 0.490 e. The zero-order valence-electron chi connectivity index (χ0n) is 25.1. The Morgan fingerprint density at radius 1 is 0.935 bits per heavy atom. The Kier molecular flexibility index (Phi) is 11.9. The van der Waals surface area contributed by atoms with Gasteiger partial charge in [0.25, 0.3) is 0 Å². The first-order valence-corrected chi connectivity index (χ1v) is 13.9. The Labute approximate surface area is 262 Å². The molecule has 11 nitrogen and oxygen atoms in total. The van der Waals surface area contributed by atoms with Gasteiger partial charge in [0, 0.05) is 17.8 Å². The molecule has 5 N–H and O–H groups in total. The van der Waals surface area contributed by atoms with Crippen molar-refractivity contribution in [2.75, 3.05) is 11.6 Å². The van der Waals surface area contributed by atoms with Crippen molar-refractivity contribution in [3.63, 3.8) is 0 Å². The zero-order chi connectivity index (χ0) is 34.0. The number of pyridine rings is 1. The molecule has 46 heavy (non-hydrogen) atoms. The van der Waals surface area contributed by atoms with Crippen molar-refractivity contribution in [2.24, 2.45) is 5.84 Å². The van der Waals surface area contributed by atoms with Crippen molar-refractivity contribution in [3.05, 3.63) is 96.3 Å². The molecule has 0 saturated carbocycles. The summed E-state index contributed by atoms with van der Waals surface area (Å²) in [6.07, 6.45) is -1.76. The number of alkyl halides is 3. The number of carbonyl (C=O) groups excluding carboxylic acids is 1. The molecule has 0 saturated heterocycles. The minimum Gasteiger partial charge on any atom is -0.490 e. The molecule has 0 fully saturated rings. The average Bonchev–Trinajstić information content (AvgIpc) is 3.01. The predicted molar refractivity (Wildman–Crippen MR) is 163 cm³/mol. The highest BCUT2D eigenvalue weighted by Gasteiger charge is 2.38. The van der Waals surface area contributed by atoms with E-state index < -0.39 is 36.1 Å². The van der Waals surface area contributed by atoms with Crippen LogP contribution in [0.4, 0.5) is 18.9 Å². The van der Waals surface area contributed by atoms with Crippen LogP contribution < -0.4 is 25.6 Å². The molecule has 1 aromatic heterocycles. The molecular weight excluding hydrogens is 609 g/mol. The Balaban J connectivity index is 0.000000738. The lowest BCUT2D eigenvalue weighted by Gasteiger charge is -2.30. The van der Waals surface area contributed by atoms with E-state index in [0.29, 0.717) is 34.9 Å². The third-order valence-corrected chi connectivity index (χ3v) is 6.30. The Bertz CT molecular complexity index is 1650. The fraction of sp³-hybridized carbons (Fsp3) is 0.250. The third-order valence-electron chi connectivity index (χ3n) is 6.30. The Morgan fingerprint density at radius 3 is 2.20 bits per heavy atom. The monoisotopic (exact) mass is 642 g/mol. The first-order chi connectivity index (χ1) is 21.7. The molecule has 2 atom stereocenters. The van der Waals surface area contributed by atoms with E-state index >= 15 is 0 Å². The summed E-state index contributed by atoms with van der Waals surface area (Å²) >= 11 is 0. The minimum atomic E-state index is -5.08. The van der Waals surface area contributed by atoms with Crippen LogP contribution in [0.3, 0.4) is 0 Å². The summed E-state index contributed by atoms with van der Waals surface area (Å²) in [5.74, 6) is 3.08. The molecular formula is C32H33F3N4O7. The maximum absolute atomic E-state index is 13.9. The number of aromatic nitrogens is 1. The van der Waals surface area contributed by atoms with Gasteiger partial charge < -0.3 is 25.0 Å². The lowest BCUT2D eigenvalue weighted by molar-refractivity contribution is -0.192. The second-order valence-corrected chi connectivity index (χ2v) is 10.0. The fourth-order valence-electron chi connectivity index (χ4n) is 4.29. The number of ether oxygens (including phenoxy) is 2. The van der Waals surface area contributed by atoms with E-state index in [2.05, 4.69) is 10.3 Å². The van der Waals surface area contributed by atoms with Gasteiger partial charge >= 0.3 is 18.1 Å². The second kappa shape index (κ2) is 15.6. The van der Waals surface area contributed by atoms with Crippen LogP contribution in [0.15, 0.2) is 85.2 Å². The maximum atomic E-state index is 13.9. The van der Waals surface area contributed by atoms with Gasteiger partial charge in [-0.25, -0.2) is 15.4 Å². The summed E-state index contributed by atoms with van der Waals surface area (Å²) in [7, 11) is 0. The minimum absolute atomic E-state index is 0.0885. The molecule has 0 aliphatic carbocycles. The number of nitrogens with two attached hydrogens (primary N) is 1. The average molecular weight is 643 g/mol. The van der Waals surface area contributed by atoms with Gasteiger partial charge in [-0.2, -0.15) is 13.2 Å². The van der Waals surface area contributed by atoms with Crippen LogP contribution in [-0.2, 0) is 14.4 Å².